The Bertz CT molecular complexity index is 479. The molecule has 152 valence electrons. The molecule has 0 aromatic carbocycles. The number of aliphatic hydroxyl groups is 1. The van der Waals surface area contributed by atoms with Crippen molar-refractivity contribution < 1.29 is 23.0 Å². The van der Waals surface area contributed by atoms with Crippen molar-refractivity contribution in [2.24, 2.45) is 5.41 Å². The van der Waals surface area contributed by atoms with Crippen molar-refractivity contribution >= 4 is 10.0 Å². The van der Waals surface area contributed by atoms with Gasteiger partial charge >= 0.3 is 0 Å². The van der Waals surface area contributed by atoms with E-state index in [0.717, 1.165) is 0 Å². The van der Waals surface area contributed by atoms with Crippen LogP contribution in [-0.4, -0.2) is 67.7 Å². The maximum absolute atomic E-state index is 12.2. The van der Waals surface area contributed by atoms with Crippen LogP contribution < -0.4 is 0 Å². The zero-order valence-electron chi connectivity index (χ0n) is 17.5. The maximum Gasteiger partial charge on any atom is 0.211 e. The highest BCUT2D eigenvalue weighted by atomic mass is 32.2. The molecule has 0 bridgehead atoms. The standard InChI is InChI=1S/C18H39NO5S/c1-14(10-11-20)23-13-16(24-15(2)17(3,4)5)12-19(18(6,7)8)25(9,21)22/h14-16,20H,10-13H2,1-9H3. The summed E-state index contributed by atoms with van der Waals surface area (Å²) < 4.78 is 37.9. The molecule has 0 heterocycles. The minimum Gasteiger partial charge on any atom is -0.396 e. The summed E-state index contributed by atoms with van der Waals surface area (Å²) in [6.07, 6.45) is 1.20. The highest BCUT2D eigenvalue weighted by Gasteiger charge is 2.34. The fraction of sp³-hybridized carbons (Fsp3) is 1.00. The Balaban J connectivity index is 5.27. The van der Waals surface area contributed by atoms with Crippen LogP contribution in [0.1, 0.15) is 61.8 Å². The normalized spacial score (nSPS) is 17.6. The van der Waals surface area contributed by atoms with E-state index in [1.165, 1.54) is 10.6 Å². The Morgan fingerprint density at radius 1 is 1.08 bits per heavy atom. The summed E-state index contributed by atoms with van der Waals surface area (Å²) in [4.78, 5) is 0. The van der Waals surface area contributed by atoms with Crippen LogP contribution in [0.15, 0.2) is 0 Å². The van der Waals surface area contributed by atoms with E-state index in [9.17, 15) is 8.42 Å². The SMILES string of the molecule is CC(CCO)OCC(CN(C(C)(C)C)S(C)(=O)=O)OC(C)C(C)(C)C. The van der Waals surface area contributed by atoms with Crippen molar-refractivity contribution in [2.75, 3.05) is 26.0 Å². The zero-order chi connectivity index (χ0) is 20.1. The molecule has 1 N–H and O–H groups in total. The third-order valence-corrected chi connectivity index (χ3v) is 5.73. The van der Waals surface area contributed by atoms with Gasteiger partial charge in [-0.05, 0) is 46.5 Å². The molecule has 0 aliphatic rings. The fourth-order valence-corrected chi connectivity index (χ4v) is 3.69. The highest BCUT2D eigenvalue weighted by molar-refractivity contribution is 7.88. The summed E-state index contributed by atoms with van der Waals surface area (Å²) >= 11 is 0. The molecule has 7 heteroatoms. The number of rotatable bonds is 10. The van der Waals surface area contributed by atoms with Gasteiger partial charge in [0.05, 0.1) is 31.2 Å². The van der Waals surface area contributed by atoms with Crippen molar-refractivity contribution in [3.8, 4) is 0 Å². The molecule has 0 rings (SSSR count). The molecule has 0 radical (unpaired) electrons. The summed E-state index contributed by atoms with van der Waals surface area (Å²) in [6.45, 7) is 16.3. The van der Waals surface area contributed by atoms with Gasteiger partial charge in [0.1, 0.15) is 0 Å². The van der Waals surface area contributed by atoms with E-state index in [1.807, 2.05) is 34.6 Å². The number of nitrogens with zero attached hydrogens (tertiary/aromatic N) is 1. The lowest BCUT2D eigenvalue weighted by atomic mass is 9.90. The monoisotopic (exact) mass is 381 g/mol. The molecule has 0 amide bonds. The molecule has 0 aliphatic carbocycles. The van der Waals surface area contributed by atoms with Gasteiger partial charge < -0.3 is 14.6 Å². The van der Waals surface area contributed by atoms with E-state index in [4.69, 9.17) is 14.6 Å². The highest BCUT2D eigenvalue weighted by Crippen LogP contribution is 2.25. The van der Waals surface area contributed by atoms with Crippen LogP contribution in [0.2, 0.25) is 0 Å². The van der Waals surface area contributed by atoms with Crippen LogP contribution in [-0.2, 0) is 19.5 Å². The van der Waals surface area contributed by atoms with E-state index in [-0.39, 0.29) is 43.5 Å². The first kappa shape index (κ1) is 24.8. The second-order valence-corrected chi connectivity index (χ2v) is 10.8. The second-order valence-electron chi connectivity index (χ2n) is 8.89. The van der Waals surface area contributed by atoms with Gasteiger partial charge in [-0.2, -0.15) is 4.31 Å². The quantitative estimate of drug-likeness (QED) is 0.629. The summed E-state index contributed by atoms with van der Waals surface area (Å²) in [6, 6.07) is 0. The lowest BCUT2D eigenvalue weighted by Crippen LogP contribution is -2.51. The summed E-state index contributed by atoms with van der Waals surface area (Å²) in [7, 11) is -3.38. The van der Waals surface area contributed by atoms with Gasteiger partial charge in [0, 0.05) is 18.7 Å². The number of sulfonamides is 1. The lowest BCUT2D eigenvalue weighted by Gasteiger charge is -2.38. The predicted octanol–water partition coefficient (Wildman–Crippen LogP) is 2.65. The third-order valence-electron chi connectivity index (χ3n) is 4.24. The molecular weight excluding hydrogens is 342 g/mol. The van der Waals surface area contributed by atoms with Gasteiger partial charge in [-0.1, -0.05) is 20.8 Å². The van der Waals surface area contributed by atoms with E-state index in [1.54, 1.807) is 0 Å². The lowest BCUT2D eigenvalue weighted by molar-refractivity contribution is -0.106. The van der Waals surface area contributed by atoms with Gasteiger partial charge in [0.2, 0.25) is 10.0 Å². The minimum absolute atomic E-state index is 0.0581. The van der Waals surface area contributed by atoms with E-state index in [0.29, 0.717) is 6.42 Å². The molecule has 3 atom stereocenters. The van der Waals surface area contributed by atoms with Crippen LogP contribution in [0.5, 0.6) is 0 Å². The van der Waals surface area contributed by atoms with Gasteiger partial charge in [-0.25, -0.2) is 8.42 Å². The second kappa shape index (κ2) is 9.65. The topological polar surface area (TPSA) is 76.1 Å². The van der Waals surface area contributed by atoms with Crippen molar-refractivity contribution in [1.82, 2.24) is 4.31 Å². The third kappa shape index (κ3) is 9.89. The van der Waals surface area contributed by atoms with Crippen molar-refractivity contribution in [1.29, 1.82) is 0 Å². The molecule has 0 spiro atoms. The van der Waals surface area contributed by atoms with Crippen LogP contribution in [0, 0.1) is 5.41 Å². The zero-order valence-corrected chi connectivity index (χ0v) is 18.3. The van der Waals surface area contributed by atoms with Crippen LogP contribution >= 0.6 is 0 Å². The fourth-order valence-electron chi connectivity index (χ4n) is 2.26. The molecule has 0 aromatic heterocycles. The molecule has 0 saturated carbocycles. The predicted molar refractivity (Wildman–Crippen MR) is 102 cm³/mol. The largest absolute Gasteiger partial charge is 0.396 e. The maximum atomic E-state index is 12.2. The Kier molecular flexibility index (Phi) is 9.57. The average Bonchev–Trinajstić information content (AvgIpc) is 2.37. The number of hydrogen-bond acceptors (Lipinski definition) is 5. The Hall–Kier alpha value is -0.210. The van der Waals surface area contributed by atoms with Gasteiger partial charge in [0.15, 0.2) is 0 Å². The van der Waals surface area contributed by atoms with E-state index in [2.05, 4.69) is 20.8 Å². The molecule has 25 heavy (non-hydrogen) atoms. The smallest absolute Gasteiger partial charge is 0.211 e. The first-order chi connectivity index (χ1) is 11.1. The number of ether oxygens (including phenoxy) is 2. The molecule has 6 nitrogen and oxygen atoms in total. The van der Waals surface area contributed by atoms with E-state index < -0.39 is 15.6 Å². The van der Waals surface area contributed by atoms with Crippen LogP contribution in [0.4, 0.5) is 0 Å². The Labute approximate surface area is 154 Å². The summed E-state index contributed by atoms with van der Waals surface area (Å²) in [5, 5.41) is 9.01. The van der Waals surface area contributed by atoms with Crippen LogP contribution in [0.3, 0.4) is 0 Å². The Morgan fingerprint density at radius 2 is 1.60 bits per heavy atom. The van der Waals surface area contributed by atoms with Crippen molar-refractivity contribution in [3.05, 3.63) is 0 Å². The molecule has 0 aromatic rings. The van der Waals surface area contributed by atoms with Crippen molar-refractivity contribution in [3.63, 3.8) is 0 Å². The van der Waals surface area contributed by atoms with Crippen LogP contribution in [0.25, 0.3) is 0 Å². The summed E-state index contributed by atoms with van der Waals surface area (Å²) in [5.74, 6) is 0. The summed E-state index contributed by atoms with van der Waals surface area (Å²) in [5.41, 5.74) is -0.608. The van der Waals surface area contributed by atoms with Gasteiger partial charge in [-0.3, -0.25) is 0 Å². The molecule has 0 fully saturated rings. The van der Waals surface area contributed by atoms with E-state index >= 15 is 0 Å². The number of aliphatic hydroxyl groups excluding tert-OH is 1. The Morgan fingerprint density at radius 3 is 1.96 bits per heavy atom. The average molecular weight is 382 g/mol. The first-order valence-electron chi connectivity index (χ1n) is 8.94. The molecule has 3 unspecified atom stereocenters. The number of hydrogen-bond donors (Lipinski definition) is 1. The van der Waals surface area contributed by atoms with Gasteiger partial charge in [-0.15, -0.1) is 0 Å². The molecule has 0 saturated heterocycles. The first-order valence-corrected chi connectivity index (χ1v) is 10.8. The molecular formula is C18H39NO5S. The van der Waals surface area contributed by atoms with Crippen molar-refractivity contribution in [2.45, 2.75) is 85.7 Å². The minimum atomic E-state index is -3.38. The molecule has 0 aliphatic heterocycles. The van der Waals surface area contributed by atoms with Gasteiger partial charge in [0.25, 0.3) is 0 Å².